The second-order valence-electron chi connectivity index (χ2n) is 4.45. The maximum atomic E-state index is 12.0. The molecule has 0 aliphatic carbocycles. The molecule has 2 nitrogen and oxygen atoms in total. The first-order chi connectivity index (χ1) is 8.79. The molecule has 1 unspecified atom stereocenters. The molecule has 0 aliphatic rings. The smallest absolute Gasteiger partial charge is 0.250 e. The van der Waals surface area contributed by atoms with Crippen molar-refractivity contribution in [2.45, 2.75) is 19.8 Å². The fourth-order valence-corrected chi connectivity index (χ4v) is 3.34. The summed E-state index contributed by atoms with van der Waals surface area (Å²) < 4.78 is 17.6. The van der Waals surface area contributed by atoms with Crippen LogP contribution in [-0.2, 0) is 11.0 Å². The number of benzene rings is 2. The zero-order valence-corrected chi connectivity index (χ0v) is 11.1. The van der Waals surface area contributed by atoms with Crippen LogP contribution < -0.4 is 0 Å². The van der Waals surface area contributed by atoms with Gasteiger partial charge in [-0.05, 0) is 40.8 Å². The first kappa shape index (κ1) is 11.4. The summed E-state index contributed by atoms with van der Waals surface area (Å²) >= 11 is 0. The monoisotopic (exact) mass is 257 g/mol. The summed E-state index contributed by atoms with van der Waals surface area (Å²) in [6.07, 6.45) is 2.12. The molecular weight excluding hydrogens is 243 g/mol. The van der Waals surface area contributed by atoms with Gasteiger partial charge in [-0.25, -0.2) is 4.20 Å². The van der Waals surface area contributed by atoms with E-state index in [-0.39, 0.29) is 0 Å². The second-order valence-corrected chi connectivity index (χ2v) is 5.62. The van der Waals surface area contributed by atoms with Crippen molar-refractivity contribution < 1.29 is 8.76 Å². The molecule has 1 heterocycles. The lowest BCUT2D eigenvalue weighted by Gasteiger charge is -2.00. The second kappa shape index (κ2) is 4.55. The van der Waals surface area contributed by atoms with Gasteiger partial charge in [-0.2, -0.15) is 0 Å². The van der Waals surface area contributed by atoms with Crippen LogP contribution in [0.4, 0.5) is 0 Å². The van der Waals surface area contributed by atoms with E-state index in [2.05, 4.69) is 19.1 Å². The lowest BCUT2D eigenvalue weighted by Crippen LogP contribution is -1.83. The van der Waals surface area contributed by atoms with Crippen LogP contribution in [0.3, 0.4) is 0 Å². The maximum absolute atomic E-state index is 12.0. The van der Waals surface area contributed by atoms with Crippen LogP contribution in [0.15, 0.2) is 46.7 Å². The fourth-order valence-electron chi connectivity index (χ4n) is 2.31. The molecule has 90 valence electrons. The highest BCUT2D eigenvalue weighted by molar-refractivity contribution is 7.37. The molecule has 0 bridgehead atoms. The molecule has 0 spiro atoms. The van der Waals surface area contributed by atoms with Crippen molar-refractivity contribution in [1.82, 2.24) is 0 Å². The van der Waals surface area contributed by atoms with Gasteiger partial charge in [0.15, 0.2) is 5.58 Å². The first-order valence-electron chi connectivity index (χ1n) is 6.17. The van der Waals surface area contributed by atoms with E-state index in [9.17, 15) is 4.57 Å². The Kier molecular flexibility index (Phi) is 2.89. The maximum Gasteiger partial charge on any atom is 0.597 e. The SMILES string of the molecule is CCCc1ccc2c(c1)o[p+](=O)c1ccccc21. The molecule has 3 heteroatoms. The lowest BCUT2D eigenvalue weighted by atomic mass is 10.1. The Morgan fingerprint density at radius 3 is 2.78 bits per heavy atom. The summed E-state index contributed by atoms with van der Waals surface area (Å²) in [4.78, 5) is 0. The average molecular weight is 257 g/mol. The van der Waals surface area contributed by atoms with Crippen molar-refractivity contribution in [3.63, 3.8) is 0 Å². The topological polar surface area (TPSA) is 30.2 Å². The van der Waals surface area contributed by atoms with Crippen LogP contribution in [0, 0.1) is 0 Å². The molecule has 3 rings (SSSR count). The van der Waals surface area contributed by atoms with Crippen LogP contribution in [0.25, 0.3) is 21.5 Å². The molecule has 1 atom stereocenters. The summed E-state index contributed by atoms with van der Waals surface area (Å²) in [6.45, 7) is 2.15. The predicted molar refractivity (Wildman–Crippen MR) is 75.3 cm³/mol. The zero-order valence-electron chi connectivity index (χ0n) is 10.2. The Hall–Kier alpha value is -1.66. The summed E-state index contributed by atoms with van der Waals surface area (Å²) in [5, 5.41) is 2.87. The normalized spacial score (nSPS) is 12.2. The van der Waals surface area contributed by atoms with Gasteiger partial charge in [0.05, 0.1) is 0 Å². The fraction of sp³-hybridized carbons (Fsp3) is 0.200. The van der Waals surface area contributed by atoms with E-state index in [1.165, 1.54) is 5.56 Å². The van der Waals surface area contributed by atoms with Crippen LogP contribution in [0.5, 0.6) is 0 Å². The molecule has 2 aromatic carbocycles. The van der Waals surface area contributed by atoms with Crippen LogP contribution >= 0.6 is 7.65 Å². The van der Waals surface area contributed by atoms with Crippen molar-refractivity contribution in [3.8, 4) is 0 Å². The van der Waals surface area contributed by atoms with Gasteiger partial charge in [0.25, 0.3) is 0 Å². The van der Waals surface area contributed by atoms with Crippen LogP contribution in [-0.4, -0.2) is 0 Å². The van der Waals surface area contributed by atoms with E-state index in [1.807, 2.05) is 30.3 Å². The van der Waals surface area contributed by atoms with Gasteiger partial charge in [0.2, 0.25) is 5.12 Å². The highest BCUT2D eigenvalue weighted by atomic mass is 31.1. The number of hydrogen-bond donors (Lipinski definition) is 0. The van der Waals surface area contributed by atoms with E-state index in [0.717, 1.165) is 34.3 Å². The molecule has 3 aromatic rings. The number of rotatable bonds is 2. The molecule has 0 N–H and O–H groups in total. The average Bonchev–Trinajstić information content (AvgIpc) is 2.39. The Morgan fingerprint density at radius 1 is 1.11 bits per heavy atom. The van der Waals surface area contributed by atoms with Gasteiger partial charge in [0.1, 0.15) is 0 Å². The summed E-state index contributed by atoms with van der Waals surface area (Å²) in [5.41, 5.74) is 1.99. The molecule has 0 fully saturated rings. The van der Waals surface area contributed by atoms with E-state index < -0.39 is 7.65 Å². The van der Waals surface area contributed by atoms with Gasteiger partial charge < -0.3 is 0 Å². The molecule has 0 saturated heterocycles. The summed E-state index contributed by atoms with van der Waals surface area (Å²) in [6, 6.07) is 14.0. The molecule has 18 heavy (non-hydrogen) atoms. The lowest BCUT2D eigenvalue weighted by molar-refractivity contribution is 0.563. The van der Waals surface area contributed by atoms with Crippen molar-refractivity contribution in [1.29, 1.82) is 0 Å². The van der Waals surface area contributed by atoms with Gasteiger partial charge in [-0.3, -0.25) is 0 Å². The third kappa shape index (κ3) is 1.83. The van der Waals surface area contributed by atoms with Gasteiger partial charge >= 0.3 is 7.65 Å². The molecular formula is C15H14O2P+. The first-order valence-corrected chi connectivity index (χ1v) is 7.35. The van der Waals surface area contributed by atoms with Gasteiger partial charge in [-0.1, -0.05) is 31.5 Å². The summed E-state index contributed by atoms with van der Waals surface area (Å²) in [5.74, 6) is 0. The van der Waals surface area contributed by atoms with Crippen LogP contribution in [0.2, 0.25) is 0 Å². The van der Waals surface area contributed by atoms with E-state index in [0.29, 0.717) is 0 Å². The van der Waals surface area contributed by atoms with Crippen molar-refractivity contribution in [2.24, 2.45) is 0 Å². The Labute approximate surface area is 106 Å². The quantitative estimate of drug-likeness (QED) is 0.584. The largest absolute Gasteiger partial charge is 0.597 e. The van der Waals surface area contributed by atoms with Crippen molar-refractivity contribution >= 4 is 29.1 Å². The summed E-state index contributed by atoms with van der Waals surface area (Å²) in [7, 11) is -1.77. The Balaban J connectivity index is 2.39. The molecule has 0 radical (unpaired) electrons. The van der Waals surface area contributed by atoms with Crippen LogP contribution in [0.1, 0.15) is 18.9 Å². The van der Waals surface area contributed by atoms with Crippen molar-refractivity contribution in [2.75, 3.05) is 0 Å². The zero-order chi connectivity index (χ0) is 12.5. The molecule has 0 saturated carbocycles. The molecule has 0 aliphatic heterocycles. The molecule has 0 amide bonds. The minimum Gasteiger partial charge on any atom is -0.250 e. The Bertz CT molecular complexity index is 774. The minimum absolute atomic E-state index is 0.751. The standard InChI is InChI=1S/C15H14O2P/c1-2-5-11-8-9-12-13-6-3-4-7-15(13)18(16)17-14(12)10-11/h3-4,6-10H,2,5H2,1H3/q+1. The van der Waals surface area contributed by atoms with Gasteiger partial charge in [-0.15, -0.1) is 0 Å². The third-order valence-corrected chi connectivity index (χ3v) is 4.30. The van der Waals surface area contributed by atoms with E-state index >= 15 is 0 Å². The predicted octanol–water partition coefficient (Wildman–Crippen LogP) is 5.28. The highest BCUT2D eigenvalue weighted by Gasteiger charge is 2.15. The Morgan fingerprint density at radius 2 is 1.94 bits per heavy atom. The third-order valence-electron chi connectivity index (χ3n) is 3.16. The van der Waals surface area contributed by atoms with E-state index in [1.54, 1.807) is 0 Å². The minimum atomic E-state index is -1.77. The number of aryl methyl sites for hydroxylation is 1. The molecule has 1 aromatic heterocycles. The van der Waals surface area contributed by atoms with Gasteiger partial charge in [0, 0.05) is 10.8 Å². The number of fused-ring (bicyclic) bond motifs is 3. The van der Waals surface area contributed by atoms with E-state index in [4.69, 9.17) is 4.20 Å². The number of hydrogen-bond acceptors (Lipinski definition) is 2. The van der Waals surface area contributed by atoms with Crippen molar-refractivity contribution in [3.05, 3.63) is 48.0 Å². The highest BCUT2D eigenvalue weighted by Crippen LogP contribution is 2.35.